The van der Waals surface area contributed by atoms with Gasteiger partial charge in [0.25, 0.3) is 5.22 Å². The van der Waals surface area contributed by atoms with Gasteiger partial charge in [0.1, 0.15) is 5.54 Å². The largest absolute Gasteiger partial charge is 0.480 e. The van der Waals surface area contributed by atoms with E-state index in [1.807, 2.05) is 6.92 Å². The fourth-order valence-corrected chi connectivity index (χ4v) is 2.34. The number of nitrogens with zero attached hydrogens (tertiary/aromatic N) is 2. The molecule has 7 heteroatoms. The van der Waals surface area contributed by atoms with Crippen molar-refractivity contribution in [3.05, 3.63) is 5.89 Å². The monoisotopic (exact) mass is 287 g/mol. The molecule has 1 aromatic heterocycles. The Labute approximate surface area is 117 Å². The second-order valence-corrected chi connectivity index (χ2v) is 5.65. The van der Waals surface area contributed by atoms with Gasteiger partial charge in [-0.3, -0.25) is 4.79 Å². The van der Waals surface area contributed by atoms with Crippen LogP contribution in [0.1, 0.15) is 39.0 Å². The van der Waals surface area contributed by atoms with Crippen LogP contribution in [-0.4, -0.2) is 39.1 Å². The standard InChI is InChI=1S/C12H21N3O3S/c1-4-7-13-12(3,10(16)17)6-5-8-19-11-15-14-9(2)18-11/h13H,4-8H2,1-3H3,(H,16,17). The molecule has 0 aromatic carbocycles. The maximum absolute atomic E-state index is 11.3. The number of hydrogen-bond acceptors (Lipinski definition) is 6. The maximum atomic E-state index is 11.3. The molecule has 0 saturated carbocycles. The summed E-state index contributed by atoms with van der Waals surface area (Å²) in [7, 11) is 0. The normalized spacial score (nSPS) is 14.3. The minimum Gasteiger partial charge on any atom is -0.480 e. The Balaban J connectivity index is 2.34. The lowest BCUT2D eigenvalue weighted by molar-refractivity contribution is -0.144. The molecule has 0 amide bonds. The van der Waals surface area contributed by atoms with E-state index in [4.69, 9.17) is 4.42 Å². The van der Waals surface area contributed by atoms with Crippen molar-refractivity contribution in [3.63, 3.8) is 0 Å². The van der Waals surface area contributed by atoms with Crippen LogP contribution in [0.3, 0.4) is 0 Å². The molecule has 6 nitrogen and oxygen atoms in total. The Morgan fingerprint density at radius 3 is 2.79 bits per heavy atom. The zero-order valence-corrected chi connectivity index (χ0v) is 12.4. The maximum Gasteiger partial charge on any atom is 0.323 e. The molecule has 1 heterocycles. The number of carboxylic acids is 1. The zero-order chi connectivity index (χ0) is 14.3. The molecule has 0 saturated heterocycles. The highest BCUT2D eigenvalue weighted by molar-refractivity contribution is 7.99. The van der Waals surface area contributed by atoms with Gasteiger partial charge in [-0.15, -0.1) is 10.2 Å². The molecule has 0 spiro atoms. The van der Waals surface area contributed by atoms with E-state index >= 15 is 0 Å². The van der Waals surface area contributed by atoms with Gasteiger partial charge >= 0.3 is 5.97 Å². The Hall–Kier alpha value is -1.08. The van der Waals surface area contributed by atoms with Crippen molar-refractivity contribution in [2.24, 2.45) is 0 Å². The average molecular weight is 287 g/mol. The third-order valence-electron chi connectivity index (χ3n) is 2.79. The first-order chi connectivity index (χ1) is 8.98. The number of carboxylic acid groups (broad SMARTS) is 1. The van der Waals surface area contributed by atoms with Crippen LogP contribution < -0.4 is 5.32 Å². The van der Waals surface area contributed by atoms with E-state index in [0.29, 0.717) is 24.1 Å². The van der Waals surface area contributed by atoms with Gasteiger partial charge in [0.05, 0.1) is 0 Å². The average Bonchev–Trinajstić information content (AvgIpc) is 2.78. The summed E-state index contributed by atoms with van der Waals surface area (Å²) >= 11 is 1.46. The SMILES string of the molecule is CCCNC(C)(CCCSc1nnc(C)o1)C(=O)O. The summed E-state index contributed by atoms with van der Waals surface area (Å²) in [5.41, 5.74) is -0.860. The number of aromatic nitrogens is 2. The lowest BCUT2D eigenvalue weighted by Crippen LogP contribution is -2.49. The fraction of sp³-hybridized carbons (Fsp3) is 0.750. The van der Waals surface area contributed by atoms with Gasteiger partial charge in [0.2, 0.25) is 5.89 Å². The molecule has 1 rings (SSSR count). The van der Waals surface area contributed by atoms with Crippen LogP contribution in [-0.2, 0) is 4.79 Å². The summed E-state index contributed by atoms with van der Waals surface area (Å²) in [5.74, 6) is 0.500. The van der Waals surface area contributed by atoms with Crippen molar-refractivity contribution < 1.29 is 14.3 Å². The van der Waals surface area contributed by atoms with Crippen LogP contribution >= 0.6 is 11.8 Å². The predicted molar refractivity (Wildman–Crippen MR) is 73.3 cm³/mol. The summed E-state index contributed by atoms with van der Waals surface area (Å²) in [6, 6.07) is 0. The summed E-state index contributed by atoms with van der Waals surface area (Å²) in [4.78, 5) is 11.3. The molecule has 0 bridgehead atoms. The molecule has 0 aliphatic carbocycles. The van der Waals surface area contributed by atoms with Crippen molar-refractivity contribution in [3.8, 4) is 0 Å². The van der Waals surface area contributed by atoms with E-state index in [2.05, 4.69) is 15.5 Å². The molecule has 1 unspecified atom stereocenters. The molecule has 0 aliphatic rings. The summed E-state index contributed by atoms with van der Waals surface area (Å²) in [6.07, 6.45) is 2.26. The van der Waals surface area contributed by atoms with Crippen LogP contribution in [0.4, 0.5) is 0 Å². The number of rotatable bonds is 9. The van der Waals surface area contributed by atoms with Crippen molar-refractivity contribution in [2.75, 3.05) is 12.3 Å². The van der Waals surface area contributed by atoms with Crippen molar-refractivity contribution in [1.29, 1.82) is 0 Å². The Bertz CT molecular complexity index is 411. The van der Waals surface area contributed by atoms with Gasteiger partial charge in [-0.05, 0) is 32.7 Å². The third kappa shape index (κ3) is 5.20. The van der Waals surface area contributed by atoms with E-state index in [9.17, 15) is 9.90 Å². The van der Waals surface area contributed by atoms with Gasteiger partial charge in [-0.2, -0.15) is 0 Å². The molecule has 19 heavy (non-hydrogen) atoms. The van der Waals surface area contributed by atoms with Crippen LogP contribution in [0, 0.1) is 6.92 Å². The molecule has 1 aromatic rings. The van der Waals surface area contributed by atoms with Crippen molar-refractivity contribution >= 4 is 17.7 Å². The van der Waals surface area contributed by atoms with Crippen LogP contribution in [0.2, 0.25) is 0 Å². The number of aliphatic carboxylic acids is 1. The highest BCUT2D eigenvalue weighted by Gasteiger charge is 2.31. The number of thioether (sulfide) groups is 1. The predicted octanol–water partition coefficient (Wildman–Crippen LogP) is 2.09. The third-order valence-corrected chi connectivity index (χ3v) is 3.70. The lowest BCUT2D eigenvalue weighted by atomic mass is 9.96. The second-order valence-electron chi connectivity index (χ2n) is 4.60. The van der Waals surface area contributed by atoms with E-state index in [1.165, 1.54) is 11.8 Å². The minimum atomic E-state index is -0.860. The number of aryl methyl sites for hydroxylation is 1. The first-order valence-electron chi connectivity index (χ1n) is 6.39. The van der Waals surface area contributed by atoms with Crippen molar-refractivity contribution in [2.45, 2.75) is 50.8 Å². The zero-order valence-electron chi connectivity index (χ0n) is 11.6. The van der Waals surface area contributed by atoms with Gasteiger partial charge in [0.15, 0.2) is 0 Å². The first kappa shape index (κ1) is 16.0. The van der Waals surface area contributed by atoms with Crippen LogP contribution in [0.5, 0.6) is 0 Å². The smallest absolute Gasteiger partial charge is 0.323 e. The summed E-state index contributed by atoms with van der Waals surface area (Å²) < 4.78 is 5.24. The molecule has 2 N–H and O–H groups in total. The molecular weight excluding hydrogens is 266 g/mol. The molecule has 0 aliphatic heterocycles. The Morgan fingerprint density at radius 2 is 2.26 bits per heavy atom. The van der Waals surface area contributed by atoms with Gasteiger partial charge in [-0.25, -0.2) is 0 Å². The highest BCUT2D eigenvalue weighted by atomic mass is 32.2. The number of nitrogens with one attached hydrogen (secondary N) is 1. The molecule has 0 radical (unpaired) electrons. The number of carbonyl (C=O) groups is 1. The second kappa shape index (κ2) is 7.49. The molecule has 0 fully saturated rings. The fourth-order valence-electron chi connectivity index (χ4n) is 1.59. The van der Waals surface area contributed by atoms with Gasteiger partial charge < -0.3 is 14.8 Å². The van der Waals surface area contributed by atoms with Crippen molar-refractivity contribution in [1.82, 2.24) is 15.5 Å². The molecule has 108 valence electrons. The molecular formula is C12H21N3O3S. The van der Waals surface area contributed by atoms with E-state index in [-0.39, 0.29) is 0 Å². The van der Waals surface area contributed by atoms with Gasteiger partial charge in [0, 0.05) is 12.7 Å². The topological polar surface area (TPSA) is 88.3 Å². The summed E-state index contributed by atoms with van der Waals surface area (Å²) in [5, 5.41) is 20.5. The Kier molecular flexibility index (Phi) is 6.30. The Morgan fingerprint density at radius 1 is 1.53 bits per heavy atom. The summed E-state index contributed by atoms with van der Waals surface area (Å²) in [6.45, 7) is 6.20. The van der Waals surface area contributed by atoms with E-state index in [0.717, 1.165) is 18.6 Å². The number of hydrogen-bond donors (Lipinski definition) is 2. The molecule has 1 atom stereocenters. The minimum absolute atomic E-state index is 0.538. The highest BCUT2D eigenvalue weighted by Crippen LogP contribution is 2.20. The quantitative estimate of drug-likeness (QED) is 0.531. The van der Waals surface area contributed by atoms with Gasteiger partial charge in [-0.1, -0.05) is 18.7 Å². The van der Waals surface area contributed by atoms with Crippen LogP contribution in [0.15, 0.2) is 9.64 Å². The lowest BCUT2D eigenvalue weighted by Gasteiger charge is -2.26. The van der Waals surface area contributed by atoms with E-state index < -0.39 is 11.5 Å². The van der Waals surface area contributed by atoms with E-state index in [1.54, 1.807) is 13.8 Å². The van der Waals surface area contributed by atoms with Crippen LogP contribution in [0.25, 0.3) is 0 Å². The first-order valence-corrected chi connectivity index (χ1v) is 7.38.